The molecule has 0 spiro atoms. The van der Waals surface area contributed by atoms with Gasteiger partial charge in [0.25, 0.3) is 0 Å². The van der Waals surface area contributed by atoms with E-state index in [1.165, 1.54) is 0 Å². The zero-order chi connectivity index (χ0) is 24.6. The molecule has 0 bridgehead atoms. The summed E-state index contributed by atoms with van der Waals surface area (Å²) in [6.07, 6.45) is 1.72. The second-order valence-corrected chi connectivity index (χ2v) is 8.66. The highest BCUT2D eigenvalue weighted by Gasteiger charge is 2.20. The van der Waals surface area contributed by atoms with Crippen molar-refractivity contribution in [2.45, 2.75) is 25.8 Å². The van der Waals surface area contributed by atoms with Gasteiger partial charge in [-0.3, -0.25) is 4.98 Å². The maximum atomic E-state index is 12.4. The number of likely N-dealkylation sites (tertiary alicyclic amines) is 1. The Morgan fingerprint density at radius 2 is 1.83 bits per heavy atom. The summed E-state index contributed by atoms with van der Waals surface area (Å²) < 4.78 is 5.19. The van der Waals surface area contributed by atoms with Crippen LogP contribution in [-0.4, -0.2) is 61.3 Å². The molecule has 9 heteroatoms. The number of carbonyl (C=O) groups excluding carboxylic acids is 2. The summed E-state index contributed by atoms with van der Waals surface area (Å²) in [5, 5.41) is 12.7. The molecule has 1 saturated heterocycles. The first-order valence-corrected chi connectivity index (χ1v) is 11.9. The topological polar surface area (TPSA) is 108 Å². The molecule has 2 aromatic carbocycles. The van der Waals surface area contributed by atoms with Gasteiger partial charge in [-0.25, -0.2) is 9.59 Å². The number of aryl methyl sites for hydroxylation is 1. The van der Waals surface area contributed by atoms with Crippen molar-refractivity contribution in [3.63, 3.8) is 0 Å². The molecule has 0 aliphatic carbocycles. The Bertz CT molecular complexity index is 1180. The van der Waals surface area contributed by atoms with Crippen molar-refractivity contribution in [1.82, 2.24) is 20.5 Å². The lowest BCUT2D eigenvalue weighted by Crippen LogP contribution is -2.47. The zero-order valence-electron chi connectivity index (χ0n) is 20.1. The van der Waals surface area contributed by atoms with E-state index in [1.807, 2.05) is 55.5 Å². The standard InChI is InChI=1S/C26H32N6O3/c1-18-16-24(22-8-3-4-9-23(22)28-18)31-25(33)27-12-15-32-13-10-19(11-14-32)29-26(34)30-20-6-5-7-21(17-20)35-2/h3-9,16-17,19H,10-15H2,1-2H3,(H2,29,30,34)(H2,27,28,31,33). The fourth-order valence-corrected chi connectivity index (χ4v) is 4.26. The quantitative estimate of drug-likeness (QED) is 0.413. The molecule has 1 aromatic heterocycles. The summed E-state index contributed by atoms with van der Waals surface area (Å²) in [6.45, 7) is 4.94. The van der Waals surface area contributed by atoms with Crippen LogP contribution >= 0.6 is 0 Å². The molecule has 35 heavy (non-hydrogen) atoms. The number of amides is 4. The number of hydrogen-bond donors (Lipinski definition) is 4. The van der Waals surface area contributed by atoms with Crippen molar-refractivity contribution in [1.29, 1.82) is 0 Å². The van der Waals surface area contributed by atoms with E-state index in [0.717, 1.165) is 54.8 Å². The number of carbonyl (C=O) groups is 2. The van der Waals surface area contributed by atoms with Gasteiger partial charge in [-0.1, -0.05) is 24.3 Å². The van der Waals surface area contributed by atoms with Gasteiger partial charge in [-0.05, 0) is 44.0 Å². The minimum Gasteiger partial charge on any atom is -0.497 e. The van der Waals surface area contributed by atoms with Gasteiger partial charge >= 0.3 is 12.1 Å². The highest BCUT2D eigenvalue weighted by atomic mass is 16.5. The third-order valence-electron chi connectivity index (χ3n) is 6.06. The monoisotopic (exact) mass is 476 g/mol. The molecule has 9 nitrogen and oxygen atoms in total. The Balaban J connectivity index is 1.16. The van der Waals surface area contributed by atoms with E-state index < -0.39 is 0 Å². The van der Waals surface area contributed by atoms with Crippen LogP contribution in [0.5, 0.6) is 5.75 Å². The van der Waals surface area contributed by atoms with Crippen molar-refractivity contribution in [2.75, 3.05) is 43.9 Å². The van der Waals surface area contributed by atoms with E-state index in [-0.39, 0.29) is 18.1 Å². The molecule has 2 heterocycles. The molecule has 0 radical (unpaired) electrons. The minimum atomic E-state index is -0.230. The van der Waals surface area contributed by atoms with E-state index in [1.54, 1.807) is 13.2 Å². The summed E-state index contributed by atoms with van der Waals surface area (Å²) >= 11 is 0. The molecule has 4 amide bonds. The average Bonchev–Trinajstić information content (AvgIpc) is 2.85. The van der Waals surface area contributed by atoms with Crippen LogP contribution in [-0.2, 0) is 0 Å². The number of benzene rings is 2. The molecule has 184 valence electrons. The first-order chi connectivity index (χ1) is 17.0. The van der Waals surface area contributed by atoms with Crippen molar-refractivity contribution >= 4 is 34.3 Å². The van der Waals surface area contributed by atoms with Crippen molar-refractivity contribution in [3.05, 3.63) is 60.3 Å². The molecule has 0 unspecified atom stereocenters. The van der Waals surface area contributed by atoms with Crippen LogP contribution in [0.2, 0.25) is 0 Å². The van der Waals surface area contributed by atoms with Crippen molar-refractivity contribution in [3.8, 4) is 5.75 Å². The van der Waals surface area contributed by atoms with Crippen molar-refractivity contribution in [2.24, 2.45) is 0 Å². The molecular weight excluding hydrogens is 444 g/mol. The Labute approximate surface area is 205 Å². The van der Waals surface area contributed by atoms with Crippen LogP contribution in [0.25, 0.3) is 10.9 Å². The van der Waals surface area contributed by atoms with Crippen LogP contribution in [0.4, 0.5) is 21.0 Å². The van der Waals surface area contributed by atoms with Crippen molar-refractivity contribution < 1.29 is 14.3 Å². The van der Waals surface area contributed by atoms with Gasteiger partial charge in [0.2, 0.25) is 0 Å². The maximum absolute atomic E-state index is 12.4. The van der Waals surface area contributed by atoms with Crippen LogP contribution < -0.4 is 26.0 Å². The lowest BCUT2D eigenvalue weighted by atomic mass is 10.1. The molecule has 4 N–H and O–H groups in total. The van der Waals surface area contributed by atoms with Gasteiger partial charge in [-0.2, -0.15) is 0 Å². The number of pyridine rings is 1. The summed E-state index contributed by atoms with van der Waals surface area (Å²) in [7, 11) is 1.60. The number of nitrogens with zero attached hydrogens (tertiary/aromatic N) is 2. The van der Waals surface area contributed by atoms with Gasteiger partial charge in [0.05, 0.1) is 18.3 Å². The molecule has 1 fully saturated rings. The van der Waals surface area contributed by atoms with Crippen LogP contribution in [0.1, 0.15) is 18.5 Å². The third-order valence-corrected chi connectivity index (χ3v) is 6.06. The number of urea groups is 2. The van der Waals surface area contributed by atoms with Crippen LogP contribution in [0, 0.1) is 6.92 Å². The molecule has 0 saturated carbocycles. The lowest BCUT2D eigenvalue weighted by Gasteiger charge is -2.32. The van der Waals surface area contributed by atoms with E-state index in [4.69, 9.17) is 4.74 Å². The fraction of sp³-hybridized carbons (Fsp3) is 0.346. The van der Waals surface area contributed by atoms with Crippen LogP contribution in [0.15, 0.2) is 54.6 Å². The number of hydrogen-bond acceptors (Lipinski definition) is 5. The zero-order valence-corrected chi connectivity index (χ0v) is 20.1. The number of rotatable bonds is 7. The highest BCUT2D eigenvalue weighted by Crippen LogP contribution is 2.22. The highest BCUT2D eigenvalue weighted by molar-refractivity contribution is 6.00. The van der Waals surface area contributed by atoms with E-state index in [9.17, 15) is 9.59 Å². The van der Waals surface area contributed by atoms with Gasteiger partial charge in [0.1, 0.15) is 5.75 Å². The van der Waals surface area contributed by atoms with E-state index >= 15 is 0 Å². The van der Waals surface area contributed by atoms with Crippen LogP contribution in [0.3, 0.4) is 0 Å². The molecule has 3 aromatic rings. The number of anilines is 2. The first-order valence-electron chi connectivity index (χ1n) is 11.9. The Morgan fingerprint density at radius 3 is 2.63 bits per heavy atom. The Kier molecular flexibility index (Phi) is 7.99. The van der Waals surface area contributed by atoms with E-state index in [2.05, 4.69) is 31.2 Å². The second kappa shape index (κ2) is 11.5. The number of para-hydroxylation sites is 1. The van der Waals surface area contributed by atoms with Gasteiger partial charge < -0.3 is 30.9 Å². The largest absolute Gasteiger partial charge is 0.497 e. The number of fused-ring (bicyclic) bond motifs is 1. The number of nitrogens with one attached hydrogen (secondary N) is 4. The first kappa shape index (κ1) is 24.3. The Morgan fingerprint density at radius 1 is 1.03 bits per heavy atom. The third kappa shape index (κ3) is 6.83. The molecule has 0 atom stereocenters. The predicted molar refractivity (Wildman–Crippen MR) is 138 cm³/mol. The smallest absolute Gasteiger partial charge is 0.319 e. The summed E-state index contributed by atoms with van der Waals surface area (Å²) in [6, 6.07) is 16.6. The summed E-state index contributed by atoms with van der Waals surface area (Å²) in [5.74, 6) is 0.697. The summed E-state index contributed by atoms with van der Waals surface area (Å²) in [4.78, 5) is 31.6. The minimum absolute atomic E-state index is 0.122. The SMILES string of the molecule is COc1cccc(NC(=O)NC2CCN(CCNC(=O)Nc3cc(C)nc4ccccc34)CC2)c1. The Hall–Kier alpha value is -3.85. The van der Waals surface area contributed by atoms with Gasteiger partial charge in [-0.15, -0.1) is 0 Å². The number of methoxy groups -OCH3 is 1. The summed E-state index contributed by atoms with van der Waals surface area (Å²) in [5.41, 5.74) is 3.16. The molecule has 1 aliphatic rings. The lowest BCUT2D eigenvalue weighted by molar-refractivity contribution is 0.196. The second-order valence-electron chi connectivity index (χ2n) is 8.66. The number of piperidine rings is 1. The van der Waals surface area contributed by atoms with Gasteiger partial charge in [0.15, 0.2) is 0 Å². The fourth-order valence-electron chi connectivity index (χ4n) is 4.26. The van der Waals surface area contributed by atoms with E-state index in [0.29, 0.717) is 18.0 Å². The van der Waals surface area contributed by atoms with Gasteiger partial charge in [0, 0.05) is 55.1 Å². The normalized spacial score (nSPS) is 14.3. The number of ether oxygens (including phenoxy) is 1. The average molecular weight is 477 g/mol. The molecular formula is C26H32N6O3. The number of aromatic nitrogens is 1. The maximum Gasteiger partial charge on any atom is 0.319 e. The predicted octanol–water partition coefficient (Wildman–Crippen LogP) is 3.96. The molecule has 4 rings (SSSR count). The molecule has 1 aliphatic heterocycles.